The number of ether oxygens (including phenoxy) is 1. The monoisotopic (exact) mass is 232 g/mol. The lowest BCUT2D eigenvalue weighted by Gasteiger charge is -2.18. The number of amides is 1. The quantitative estimate of drug-likeness (QED) is 0.711. The van der Waals surface area contributed by atoms with Crippen LogP contribution in [-0.2, 0) is 9.53 Å². The Hall–Kier alpha value is -0.260. The summed E-state index contributed by atoms with van der Waals surface area (Å²) in [5.74, 6) is 0.935. The fourth-order valence-corrected chi connectivity index (χ4v) is 2.15. The summed E-state index contributed by atoms with van der Waals surface area (Å²) < 4.78 is 5.16. The van der Waals surface area contributed by atoms with E-state index in [0.29, 0.717) is 13.2 Å². The van der Waals surface area contributed by atoms with Crippen LogP contribution < -0.4 is 11.1 Å². The molecule has 15 heavy (non-hydrogen) atoms. The van der Waals surface area contributed by atoms with Gasteiger partial charge in [-0.2, -0.15) is 11.8 Å². The van der Waals surface area contributed by atoms with E-state index in [9.17, 15) is 4.79 Å². The summed E-state index contributed by atoms with van der Waals surface area (Å²) in [5.41, 5.74) is 5.77. The minimum atomic E-state index is -0.165. The molecule has 1 rings (SSSR count). The van der Waals surface area contributed by atoms with Gasteiger partial charge in [0.2, 0.25) is 5.91 Å². The van der Waals surface area contributed by atoms with Gasteiger partial charge in [-0.05, 0) is 25.4 Å². The second-order valence-corrected chi connectivity index (χ2v) is 4.98. The van der Waals surface area contributed by atoms with Gasteiger partial charge in [0.15, 0.2) is 0 Å². The van der Waals surface area contributed by atoms with Gasteiger partial charge in [-0.1, -0.05) is 0 Å². The normalized spacial score (nSPS) is 27.7. The van der Waals surface area contributed by atoms with E-state index < -0.39 is 0 Å². The van der Waals surface area contributed by atoms with E-state index in [-0.39, 0.29) is 23.9 Å². The minimum absolute atomic E-state index is 0.0357. The Morgan fingerprint density at radius 1 is 1.67 bits per heavy atom. The Morgan fingerprint density at radius 2 is 2.40 bits per heavy atom. The molecule has 4 nitrogen and oxygen atoms in total. The molecule has 1 fully saturated rings. The first-order valence-electron chi connectivity index (χ1n) is 5.27. The number of hydrogen-bond acceptors (Lipinski definition) is 4. The van der Waals surface area contributed by atoms with Crippen LogP contribution in [-0.4, -0.2) is 43.2 Å². The maximum atomic E-state index is 11.8. The highest BCUT2D eigenvalue weighted by Crippen LogP contribution is 2.12. The molecule has 0 spiro atoms. The predicted molar refractivity (Wildman–Crippen MR) is 62.9 cm³/mol. The van der Waals surface area contributed by atoms with E-state index in [1.54, 1.807) is 11.8 Å². The molecule has 0 radical (unpaired) electrons. The molecule has 3 atom stereocenters. The average Bonchev–Trinajstić information content (AvgIpc) is 2.61. The second-order valence-electron chi connectivity index (χ2n) is 4.00. The molecule has 1 aliphatic heterocycles. The Balaban J connectivity index is 2.28. The molecule has 0 aromatic rings. The molecule has 1 heterocycles. The van der Waals surface area contributed by atoms with Gasteiger partial charge in [-0.25, -0.2) is 0 Å². The Bertz CT molecular complexity index is 214. The fourth-order valence-electron chi connectivity index (χ4n) is 1.56. The smallest absolute Gasteiger partial charge is 0.227 e. The molecular weight excluding hydrogens is 212 g/mol. The van der Waals surface area contributed by atoms with Gasteiger partial charge in [0.1, 0.15) is 0 Å². The fraction of sp³-hybridized carbons (Fsp3) is 0.900. The highest BCUT2D eigenvalue weighted by atomic mass is 32.2. The third-order valence-electron chi connectivity index (χ3n) is 2.60. The van der Waals surface area contributed by atoms with Crippen molar-refractivity contribution in [3.8, 4) is 0 Å². The zero-order valence-electron chi connectivity index (χ0n) is 9.36. The lowest BCUT2D eigenvalue weighted by atomic mass is 10.0. The van der Waals surface area contributed by atoms with E-state index in [1.165, 1.54) is 0 Å². The molecule has 3 N–H and O–H groups in total. The van der Waals surface area contributed by atoms with Crippen LogP contribution in [0.4, 0.5) is 0 Å². The molecule has 0 aromatic carbocycles. The number of thioether (sulfide) groups is 1. The molecule has 0 bridgehead atoms. The number of carbonyl (C=O) groups excluding carboxylic acids is 1. The lowest BCUT2D eigenvalue weighted by molar-refractivity contribution is -0.125. The van der Waals surface area contributed by atoms with Gasteiger partial charge in [0.05, 0.1) is 19.1 Å². The van der Waals surface area contributed by atoms with Crippen molar-refractivity contribution in [1.82, 2.24) is 5.32 Å². The third-order valence-corrected chi connectivity index (χ3v) is 3.25. The van der Waals surface area contributed by atoms with E-state index in [0.717, 1.165) is 12.2 Å². The summed E-state index contributed by atoms with van der Waals surface area (Å²) in [7, 11) is 0. The summed E-state index contributed by atoms with van der Waals surface area (Å²) in [6.07, 6.45) is 3.06. The van der Waals surface area contributed by atoms with Crippen LogP contribution in [0.2, 0.25) is 0 Å². The van der Waals surface area contributed by atoms with Gasteiger partial charge in [0.25, 0.3) is 0 Å². The van der Waals surface area contributed by atoms with Gasteiger partial charge < -0.3 is 15.8 Å². The highest BCUT2D eigenvalue weighted by Gasteiger charge is 2.31. The summed E-state index contributed by atoms with van der Waals surface area (Å²) in [4.78, 5) is 11.8. The summed E-state index contributed by atoms with van der Waals surface area (Å²) >= 11 is 1.79. The first-order valence-corrected chi connectivity index (χ1v) is 6.67. The number of rotatable bonds is 5. The summed E-state index contributed by atoms with van der Waals surface area (Å²) in [6.45, 7) is 2.98. The molecule has 5 heteroatoms. The van der Waals surface area contributed by atoms with Crippen molar-refractivity contribution < 1.29 is 9.53 Å². The Labute approximate surface area is 95.3 Å². The zero-order valence-corrected chi connectivity index (χ0v) is 10.2. The Kier molecular flexibility index (Phi) is 5.42. The lowest BCUT2D eigenvalue weighted by Crippen LogP contribution is -2.44. The van der Waals surface area contributed by atoms with Crippen LogP contribution in [0.3, 0.4) is 0 Å². The molecular formula is C10H20N2O2S. The van der Waals surface area contributed by atoms with Gasteiger partial charge in [-0.3, -0.25) is 4.79 Å². The van der Waals surface area contributed by atoms with Crippen molar-refractivity contribution in [2.45, 2.75) is 25.4 Å². The van der Waals surface area contributed by atoms with Crippen molar-refractivity contribution in [3.05, 3.63) is 0 Å². The predicted octanol–water partition coefficient (Wildman–Crippen LogP) is 0.218. The number of hydrogen-bond donors (Lipinski definition) is 2. The third kappa shape index (κ3) is 4.01. The van der Waals surface area contributed by atoms with Gasteiger partial charge in [0, 0.05) is 12.1 Å². The highest BCUT2D eigenvalue weighted by molar-refractivity contribution is 7.98. The average molecular weight is 232 g/mol. The standard InChI is InChI=1S/C10H20N2O2S/c1-7(3-4-15-2)12-10(13)8-5-14-6-9(8)11/h7-9H,3-6,11H2,1-2H3,(H,12,13). The molecule has 1 amide bonds. The molecule has 0 aromatic heterocycles. The van der Waals surface area contributed by atoms with Crippen LogP contribution in [0, 0.1) is 5.92 Å². The summed E-state index contributed by atoms with van der Waals surface area (Å²) in [6, 6.07) is 0.0792. The van der Waals surface area contributed by atoms with E-state index in [2.05, 4.69) is 11.6 Å². The molecule has 0 saturated carbocycles. The molecule has 3 unspecified atom stereocenters. The second kappa shape index (κ2) is 6.35. The van der Waals surface area contributed by atoms with Gasteiger partial charge in [-0.15, -0.1) is 0 Å². The van der Waals surface area contributed by atoms with Gasteiger partial charge >= 0.3 is 0 Å². The number of carbonyl (C=O) groups is 1. The maximum absolute atomic E-state index is 11.8. The van der Waals surface area contributed by atoms with Crippen molar-refractivity contribution in [2.75, 3.05) is 25.2 Å². The first kappa shape index (κ1) is 12.8. The largest absolute Gasteiger partial charge is 0.379 e. The zero-order chi connectivity index (χ0) is 11.3. The van der Waals surface area contributed by atoms with Crippen LogP contribution >= 0.6 is 11.8 Å². The van der Waals surface area contributed by atoms with Crippen LogP contribution in [0.25, 0.3) is 0 Å². The SMILES string of the molecule is CSCCC(C)NC(=O)C1COCC1N. The first-order chi connectivity index (χ1) is 7.15. The summed E-state index contributed by atoms with van der Waals surface area (Å²) in [5, 5.41) is 2.97. The minimum Gasteiger partial charge on any atom is -0.379 e. The Morgan fingerprint density at radius 3 is 2.93 bits per heavy atom. The molecule has 1 saturated heterocycles. The van der Waals surface area contributed by atoms with Crippen molar-refractivity contribution >= 4 is 17.7 Å². The van der Waals surface area contributed by atoms with E-state index >= 15 is 0 Å². The molecule has 1 aliphatic rings. The topological polar surface area (TPSA) is 64.3 Å². The van der Waals surface area contributed by atoms with Crippen LogP contribution in [0.1, 0.15) is 13.3 Å². The van der Waals surface area contributed by atoms with E-state index in [1.807, 2.05) is 6.92 Å². The maximum Gasteiger partial charge on any atom is 0.227 e. The molecule has 88 valence electrons. The van der Waals surface area contributed by atoms with E-state index in [4.69, 9.17) is 10.5 Å². The molecule has 0 aliphatic carbocycles. The van der Waals surface area contributed by atoms with Crippen molar-refractivity contribution in [1.29, 1.82) is 0 Å². The number of nitrogens with two attached hydrogens (primary N) is 1. The van der Waals surface area contributed by atoms with Crippen molar-refractivity contribution in [2.24, 2.45) is 11.7 Å². The van der Waals surface area contributed by atoms with Crippen LogP contribution in [0.5, 0.6) is 0 Å². The van der Waals surface area contributed by atoms with Crippen molar-refractivity contribution in [3.63, 3.8) is 0 Å². The number of nitrogens with one attached hydrogen (secondary N) is 1. The van der Waals surface area contributed by atoms with Crippen LogP contribution in [0.15, 0.2) is 0 Å².